The molecule has 8 aromatic rings. The average Bonchev–Trinajstić information content (AvgIpc) is 3.55. The van der Waals surface area contributed by atoms with Crippen molar-refractivity contribution in [3.8, 4) is 28.4 Å². The number of nitrogens with zero attached hydrogens (tertiary/aromatic N) is 2. The first-order valence-electron chi connectivity index (χ1n) is 20.4. The van der Waals surface area contributed by atoms with Crippen LogP contribution in [0.25, 0.3) is 38.8 Å². The van der Waals surface area contributed by atoms with Gasteiger partial charge in [0, 0.05) is 38.9 Å². The van der Waals surface area contributed by atoms with Crippen LogP contribution in [0.3, 0.4) is 0 Å². The normalized spacial score (nSPS) is 15.0. The topological polar surface area (TPSA) is 44.1 Å². The van der Waals surface area contributed by atoms with Crippen LogP contribution in [0.4, 0.5) is 0 Å². The maximum Gasteiger partial charge on any atom is 0.171 e. The molecule has 1 aliphatic rings. The summed E-state index contributed by atoms with van der Waals surface area (Å²) in [4.78, 5) is 4.96. The highest BCUT2D eigenvalue weighted by molar-refractivity contribution is 7.85. The van der Waals surface area contributed by atoms with E-state index in [9.17, 15) is 0 Å². The first kappa shape index (κ1) is 38.3. The Bertz CT molecular complexity index is 2850. The van der Waals surface area contributed by atoms with Crippen LogP contribution in [0.5, 0.6) is 11.5 Å². The van der Waals surface area contributed by atoms with Crippen molar-refractivity contribution < 1.29 is 9.30 Å². The summed E-state index contributed by atoms with van der Waals surface area (Å²) in [5.74, 6) is 2.20. The molecular weight excluding hydrogens is 760 g/mol. The monoisotopic (exact) mass is 810 g/mol. The van der Waals surface area contributed by atoms with Crippen LogP contribution in [0.1, 0.15) is 26.3 Å². The minimum Gasteiger partial charge on any atom is -0.457 e. The number of pyridine rings is 1. The van der Waals surface area contributed by atoms with Gasteiger partial charge in [0.05, 0.1) is 27.2 Å². The third-order valence-electron chi connectivity index (χ3n) is 12.4. The van der Waals surface area contributed by atoms with Gasteiger partial charge in [-0.15, -0.1) is 0 Å². The van der Waals surface area contributed by atoms with Gasteiger partial charge in [-0.25, -0.2) is 4.98 Å². The zero-order valence-electron chi connectivity index (χ0n) is 34.6. The third-order valence-corrected chi connectivity index (χ3v) is 23.0. The molecule has 9 rings (SSSR count). The Kier molecular flexibility index (Phi) is 9.39. The molecule has 0 radical (unpaired) electrons. The van der Waals surface area contributed by atoms with Crippen LogP contribution in [0, 0.1) is 0 Å². The lowest BCUT2D eigenvalue weighted by atomic mass is 9.88. The second-order valence-corrected chi connectivity index (χ2v) is 30.7. The van der Waals surface area contributed by atoms with Crippen molar-refractivity contribution in [3.63, 3.8) is 0 Å². The van der Waals surface area contributed by atoms with E-state index in [4.69, 9.17) is 9.72 Å². The van der Waals surface area contributed by atoms with Crippen LogP contribution in [0.2, 0.25) is 38.3 Å². The Hall–Kier alpha value is -5.27. The lowest BCUT2D eigenvalue weighted by Gasteiger charge is -2.39. The summed E-state index contributed by atoms with van der Waals surface area (Å²) < 4.78 is 24.2. The maximum atomic E-state index is 15.2. The number of ether oxygens (including phenoxy) is 1. The van der Waals surface area contributed by atoms with E-state index in [1.54, 1.807) is 10.4 Å². The zero-order chi connectivity index (χ0) is 40.5. The van der Waals surface area contributed by atoms with Crippen LogP contribution in [0.15, 0.2) is 158 Å². The molecule has 0 aliphatic carbocycles. The van der Waals surface area contributed by atoms with E-state index in [0.29, 0.717) is 11.5 Å². The van der Waals surface area contributed by atoms with Crippen molar-refractivity contribution in [2.75, 3.05) is 0 Å². The first-order chi connectivity index (χ1) is 27.7. The fourth-order valence-corrected chi connectivity index (χ4v) is 21.8. The molecule has 0 unspecified atom stereocenters. The summed E-state index contributed by atoms with van der Waals surface area (Å²) in [5, 5.41) is 7.96. The lowest BCUT2D eigenvalue weighted by molar-refractivity contribution is 0.483. The minimum absolute atomic E-state index is 0.0389. The van der Waals surface area contributed by atoms with Gasteiger partial charge < -0.3 is 9.30 Å². The number of hydrogen-bond acceptors (Lipinski definition) is 3. The molecule has 0 N–H and O–H groups in total. The summed E-state index contributed by atoms with van der Waals surface area (Å²) in [7, 11) is -6.13. The predicted molar refractivity (Wildman–Crippen MR) is 252 cm³/mol. The standard InChI is InChI=1S/C51H51N2O2PSi2/c1-51(2,3)38-27-28-52-50(33-38)53-46-25-21-36(37-22-26-48-49(32-37)58(6,7)30-29-57(48,4)5)31-45(46)44-24-23-40(35-47(44)53)55-39-15-14-20-43(34-39)56(54,41-16-10-8-11-17-41)42-18-12-9-13-19-42/h8-28,31-35H,29-30H2,1-7H3. The summed E-state index contributed by atoms with van der Waals surface area (Å²) >= 11 is 0. The highest BCUT2D eigenvalue weighted by atomic mass is 31.2. The molecule has 2 aromatic heterocycles. The van der Waals surface area contributed by atoms with Crippen molar-refractivity contribution in [2.24, 2.45) is 0 Å². The Morgan fingerprint density at radius 2 is 1.19 bits per heavy atom. The van der Waals surface area contributed by atoms with Gasteiger partial charge in [0.25, 0.3) is 0 Å². The van der Waals surface area contributed by atoms with E-state index < -0.39 is 23.3 Å². The molecule has 0 atom stereocenters. The van der Waals surface area contributed by atoms with E-state index >= 15 is 4.57 Å². The van der Waals surface area contributed by atoms with Crippen molar-refractivity contribution in [1.82, 2.24) is 9.55 Å². The van der Waals surface area contributed by atoms with E-state index in [2.05, 4.69) is 118 Å². The predicted octanol–water partition coefficient (Wildman–Crippen LogP) is 11.4. The Morgan fingerprint density at radius 3 is 1.88 bits per heavy atom. The SMILES string of the molecule is CC(C)(C)c1ccnc(-n2c3ccc(-c4ccc5c(c4)[Si](C)(C)CC[Si]5(C)C)cc3c3ccc(Oc4cccc(P(=O)(c5ccccc5)c5ccccc5)c4)cc32)c1. The zero-order valence-corrected chi connectivity index (χ0v) is 37.5. The van der Waals surface area contributed by atoms with E-state index in [0.717, 1.165) is 38.2 Å². The third kappa shape index (κ3) is 6.71. The number of rotatable bonds is 7. The van der Waals surface area contributed by atoms with Gasteiger partial charge >= 0.3 is 0 Å². The van der Waals surface area contributed by atoms with Crippen molar-refractivity contribution in [1.29, 1.82) is 0 Å². The van der Waals surface area contributed by atoms with Gasteiger partial charge in [-0.05, 0) is 70.6 Å². The van der Waals surface area contributed by atoms with Crippen LogP contribution in [-0.4, -0.2) is 25.7 Å². The van der Waals surface area contributed by atoms with Crippen LogP contribution in [-0.2, 0) is 9.98 Å². The lowest BCUT2D eigenvalue weighted by Crippen LogP contribution is -2.63. The molecule has 3 heterocycles. The highest BCUT2D eigenvalue weighted by Gasteiger charge is 2.39. The molecule has 0 fully saturated rings. The molecule has 6 aromatic carbocycles. The molecule has 7 heteroatoms. The van der Waals surface area contributed by atoms with Gasteiger partial charge in [-0.1, -0.05) is 166 Å². The molecule has 4 nitrogen and oxygen atoms in total. The Labute approximate surface area is 345 Å². The fraction of sp³-hybridized carbons (Fsp3) is 0.196. The largest absolute Gasteiger partial charge is 0.457 e. The van der Waals surface area contributed by atoms with E-state index in [1.807, 2.05) is 91.1 Å². The fourth-order valence-electron chi connectivity index (χ4n) is 8.87. The average molecular weight is 811 g/mol. The van der Waals surface area contributed by atoms with Crippen LogP contribution < -0.4 is 31.0 Å². The van der Waals surface area contributed by atoms with Crippen molar-refractivity contribution in [3.05, 3.63) is 163 Å². The summed E-state index contributed by atoms with van der Waals surface area (Å²) in [5.41, 5.74) is 5.84. The van der Waals surface area contributed by atoms with Crippen LogP contribution >= 0.6 is 7.14 Å². The smallest absolute Gasteiger partial charge is 0.171 e. The van der Waals surface area contributed by atoms with E-state index in [-0.39, 0.29) is 5.41 Å². The first-order valence-corrected chi connectivity index (χ1v) is 28.5. The number of aromatic nitrogens is 2. The molecule has 0 saturated carbocycles. The molecule has 1 aliphatic heterocycles. The van der Waals surface area contributed by atoms with Gasteiger partial charge in [0.2, 0.25) is 0 Å². The molecule has 0 bridgehead atoms. The second-order valence-electron chi connectivity index (χ2n) is 18.3. The van der Waals surface area contributed by atoms with Gasteiger partial charge in [-0.2, -0.15) is 0 Å². The summed E-state index contributed by atoms with van der Waals surface area (Å²) in [6.45, 7) is 16.9. The molecular formula is C51H51N2O2PSi2. The van der Waals surface area contributed by atoms with Gasteiger partial charge in [0.15, 0.2) is 7.14 Å². The number of fused-ring (bicyclic) bond motifs is 4. The number of hydrogen-bond donors (Lipinski definition) is 0. The van der Waals surface area contributed by atoms with Gasteiger partial charge in [-0.3, -0.25) is 4.57 Å². The highest BCUT2D eigenvalue weighted by Crippen LogP contribution is 2.44. The molecule has 58 heavy (non-hydrogen) atoms. The Balaban J connectivity index is 1.17. The van der Waals surface area contributed by atoms with E-state index in [1.165, 1.54) is 34.2 Å². The van der Waals surface area contributed by atoms with Crippen molar-refractivity contribution >= 4 is 71.4 Å². The second kappa shape index (κ2) is 14.2. The molecule has 0 spiro atoms. The molecule has 0 saturated heterocycles. The van der Waals surface area contributed by atoms with Crippen molar-refractivity contribution in [2.45, 2.75) is 64.5 Å². The quantitative estimate of drug-likeness (QED) is 0.119. The summed E-state index contributed by atoms with van der Waals surface area (Å²) in [6.07, 6.45) is 1.93. The van der Waals surface area contributed by atoms with Gasteiger partial charge in [0.1, 0.15) is 17.3 Å². The number of benzene rings is 6. The maximum absolute atomic E-state index is 15.2. The Morgan fingerprint density at radius 1 is 0.569 bits per heavy atom. The molecule has 290 valence electrons. The summed E-state index contributed by atoms with van der Waals surface area (Å²) in [6, 6.07) is 55.1. The minimum atomic E-state index is -3.17. The molecule has 0 amide bonds.